The number of unbranched alkanes of at least 4 members (excludes halogenated alkanes) is 21. The third-order valence-corrected chi connectivity index (χ3v) is 12.8. The van der Waals surface area contributed by atoms with E-state index in [0.29, 0.717) is 23.9 Å². The molecule has 0 aromatic carbocycles. The highest BCUT2D eigenvalue weighted by Gasteiger charge is 2.27. The number of quaternary nitrogens is 1. The summed E-state index contributed by atoms with van der Waals surface area (Å²) >= 11 is 0. The fourth-order valence-electron chi connectivity index (χ4n) is 7.49. The van der Waals surface area contributed by atoms with E-state index in [4.69, 9.17) is 13.8 Å². The number of amides is 1. The Morgan fingerprint density at radius 1 is 0.522 bits per heavy atom. The molecule has 0 fully saturated rings. The molecule has 0 aromatic rings. The fraction of sp³-hybridized carbons (Fsp3) is 0.729. The second kappa shape index (κ2) is 48.8. The number of phosphoric acid groups is 1. The van der Waals surface area contributed by atoms with Gasteiger partial charge in [0.15, 0.2) is 0 Å². The lowest BCUT2D eigenvalue weighted by Gasteiger charge is -2.30. The number of rotatable bonds is 49. The number of carbonyl (C=O) groups excluding carboxylic acids is 2. The molecule has 0 aromatic heterocycles. The van der Waals surface area contributed by atoms with E-state index in [1.165, 1.54) is 96.3 Å². The quantitative estimate of drug-likeness (QED) is 0.0212. The molecule has 3 unspecified atom stereocenters. The van der Waals surface area contributed by atoms with Crippen molar-refractivity contribution in [2.75, 3.05) is 40.9 Å². The summed E-state index contributed by atoms with van der Waals surface area (Å²) in [6.45, 7) is 6.65. The number of nitrogens with one attached hydrogen (secondary N) is 1. The molecule has 0 aliphatic carbocycles. The Morgan fingerprint density at radius 2 is 0.942 bits per heavy atom. The zero-order chi connectivity index (χ0) is 50.8. The molecule has 69 heavy (non-hydrogen) atoms. The molecular formula is C59H105N2O7P. The number of allylic oxidation sites excluding steroid dienone is 13. The number of phosphoric ester groups is 1. The van der Waals surface area contributed by atoms with Crippen LogP contribution in [-0.4, -0.2) is 69.4 Å². The maximum absolute atomic E-state index is 13.4. The van der Waals surface area contributed by atoms with E-state index in [1.54, 1.807) is 6.08 Å². The summed E-state index contributed by atoms with van der Waals surface area (Å²) < 4.78 is 30.1. The monoisotopic (exact) mass is 985 g/mol. The van der Waals surface area contributed by atoms with Gasteiger partial charge < -0.3 is 28.5 Å². The second-order valence-electron chi connectivity index (χ2n) is 19.7. The Labute approximate surface area is 425 Å². The molecule has 1 amide bonds. The molecule has 3 atom stereocenters. The van der Waals surface area contributed by atoms with Crippen molar-refractivity contribution in [2.24, 2.45) is 0 Å². The number of likely N-dealkylation sites (N-methyl/N-ethyl adjacent to an activating group) is 1. The smallest absolute Gasteiger partial charge is 0.306 e. The minimum absolute atomic E-state index is 0.0370. The van der Waals surface area contributed by atoms with Crippen LogP contribution in [0.5, 0.6) is 0 Å². The van der Waals surface area contributed by atoms with Gasteiger partial charge in [-0.2, -0.15) is 0 Å². The molecule has 10 heteroatoms. The van der Waals surface area contributed by atoms with E-state index in [0.717, 1.165) is 83.5 Å². The largest absolute Gasteiger partial charge is 0.756 e. The molecule has 0 saturated heterocycles. The highest BCUT2D eigenvalue weighted by molar-refractivity contribution is 7.45. The summed E-state index contributed by atoms with van der Waals surface area (Å²) in [7, 11) is 1.14. The molecule has 0 aliphatic heterocycles. The van der Waals surface area contributed by atoms with Crippen molar-refractivity contribution >= 4 is 19.7 Å². The number of hydrogen-bond acceptors (Lipinski definition) is 7. The van der Waals surface area contributed by atoms with Crippen molar-refractivity contribution in [3.8, 4) is 0 Å². The maximum Gasteiger partial charge on any atom is 0.306 e. The van der Waals surface area contributed by atoms with Gasteiger partial charge in [-0.1, -0.05) is 202 Å². The molecule has 0 radical (unpaired) electrons. The predicted octanol–water partition coefficient (Wildman–Crippen LogP) is 16.0. The number of nitrogens with zero attached hydrogens (tertiary/aromatic N) is 1. The van der Waals surface area contributed by atoms with Gasteiger partial charge in [-0.15, -0.1) is 0 Å². The van der Waals surface area contributed by atoms with E-state index in [1.807, 2.05) is 27.2 Å². The van der Waals surface area contributed by atoms with E-state index >= 15 is 0 Å². The molecule has 0 spiro atoms. The summed E-state index contributed by atoms with van der Waals surface area (Å²) in [6, 6.07) is -0.921. The van der Waals surface area contributed by atoms with Gasteiger partial charge in [0.1, 0.15) is 19.3 Å². The van der Waals surface area contributed by atoms with Crippen molar-refractivity contribution in [3.63, 3.8) is 0 Å². The van der Waals surface area contributed by atoms with E-state index in [9.17, 15) is 19.0 Å². The third-order valence-electron chi connectivity index (χ3n) is 11.8. The molecule has 0 saturated carbocycles. The Morgan fingerprint density at radius 3 is 1.43 bits per heavy atom. The first-order valence-corrected chi connectivity index (χ1v) is 29.4. The number of carbonyl (C=O) groups is 2. The van der Waals surface area contributed by atoms with Crippen LogP contribution < -0.4 is 10.2 Å². The molecule has 398 valence electrons. The summed E-state index contributed by atoms with van der Waals surface area (Å²) in [4.78, 5) is 39.8. The Balaban J connectivity index is 5.52. The van der Waals surface area contributed by atoms with Crippen LogP contribution in [0.1, 0.15) is 226 Å². The summed E-state index contributed by atoms with van der Waals surface area (Å²) in [5.74, 6) is -0.632. The summed E-state index contributed by atoms with van der Waals surface area (Å²) in [5, 5.41) is 2.99. The van der Waals surface area contributed by atoms with Crippen LogP contribution in [-0.2, 0) is 27.9 Å². The first-order valence-electron chi connectivity index (χ1n) is 27.9. The van der Waals surface area contributed by atoms with Gasteiger partial charge in [0.2, 0.25) is 5.91 Å². The van der Waals surface area contributed by atoms with Gasteiger partial charge >= 0.3 is 5.97 Å². The Kier molecular flexibility index (Phi) is 46.8. The number of esters is 1. The Bertz CT molecular complexity index is 1460. The lowest BCUT2D eigenvalue weighted by Crippen LogP contribution is -2.47. The van der Waals surface area contributed by atoms with Crippen molar-refractivity contribution < 1.29 is 37.3 Å². The van der Waals surface area contributed by atoms with Crippen LogP contribution in [0.2, 0.25) is 0 Å². The second-order valence-corrected chi connectivity index (χ2v) is 21.1. The molecular weight excluding hydrogens is 880 g/mol. The zero-order valence-electron chi connectivity index (χ0n) is 45.2. The van der Waals surface area contributed by atoms with Crippen molar-refractivity contribution in [1.82, 2.24) is 5.32 Å². The van der Waals surface area contributed by atoms with E-state index in [-0.39, 0.29) is 25.4 Å². The topological polar surface area (TPSA) is 114 Å². The Hall–Kier alpha value is -2.81. The van der Waals surface area contributed by atoms with Crippen molar-refractivity contribution in [3.05, 3.63) is 85.1 Å². The first kappa shape index (κ1) is 66.2. The van der Waals surface area contributed by atoms with Crippen LogP contribution >= 0.6 is 7.82 Å². The normalized spacial score (nSPS) is 14.5. The molecule has 0 aliphatic rings. The average Bonchev–Trinajstić information content (AvgIpc) is 3.31. The van der Waals surface area contributed by atoms with E-state index in [2.05, 4.69) is 99.0 Å². The van der Waals surface area contributed by atoms with Gasteiger partial charge in [0.05, 0.1) is 33.8 Å². The zero-order valence-corrected chi connectivity index (χ0v) is 46.1. The molecule has 0 heterocycles. The third kappa shape index (κ3) is 49.9. The van der Waals surface area contributed by atoms with Gasteiger partial charge in [-0.05, 0) is 96.0 Å². The summed E-state index contributed by atoms with van der Waals surface area (Å²) in [6.07, 6.45) is 62.7. The highest BCUT2D eigenvalue weighted by atomic mass is 31.2. The molecule has 0 rings (SSSR count). The molecule has 1 N–H and O–H groups in total. The van der Waals surface area contributed by atoms with Crippen LogP contribution in [0.15, 0.2) is 85.1 Å². The lowest BCUT2D eigenvalue weighted by molar-refractivity contribution is -0.870. The van der Waals surface area contributed by atoms with Gasteiger partial charge in [-0.3, -0.25) is 14.2 Å². The molecule has 0 bridgehead atoms. The minimum atomic E-state index is -4.71. The van der Waals surface area contributed by atoms with Crippen LogP contribution in [0, 0.1) is 0 Å². The lowest BCUT2D eigenvalue weighted by atomic mass is 10.0. The maximum atomic E-state index is 13.4. The highest BCUT2D eigenvalue weighted by Crippen LogP contribution is 2.38. The van der Waals surface area contributed by atoms with Gasteiger partial charge in [0, 0.05) is 12.8 Å². The fourth-order valence-corrected chi connectivity index (χ4v) is 8.21. The SMILES string of the molecule is CC/C=C\C/C=C\C/C=C\C/C=C\C/C=C\CCCC(=O)OC(/C=C/CCCCCCCCCCCCC)C(COP(=O)([O-])OCC[N+](C)(C)C)NC(=O)CCCCC/C=C\CCCCCCCC. The predicted molar refractivity (Wildman–Crippen MR) is 293 cm³/mol. The van der Waals surface area contributed by atoms with Gasteiger partial charge in [0.25, 0.3) is 7.82 Å². The summed E-state index contributed by atoms with van der Waals surface area (Å²) in [5.41, 5.74) is 0. The number of ether oxygens (including phenoxy) is 1. The van der Waals surface area contributed by atoms with Crippen LogP contribution in [0.3, 0.4) is 0 Å². The minimum Gasteiger partial charge on any atom is -0.756 e. The standard InChI is InChI=1S/C59H105N2O7P/c1-7-10-13-16-19-22-25-28-29-30-31-34-37-40-43-46-49-52-59(63)68-57(50-47-44-41-38-35-32-26-23-20-17-14-11-8-2)56(55-67-69(64,65)66-54-53-61(4,5)6)60-58(62)51-48-45-42-39-36-33-27-24-21-18-15-12-9-3/h10,13,19,22,28-29,31,33-34,36,40,43,47,50,56-57H,7-9,11-12,14-18,20-21,23-27,30,32,35,37-39,41-42,44-46,48-49,51-55H2,1-6H3,(H-,60,62,64,65)/b13-10-,22-19-,29-28-,34-31-,36-33-,43-40-,50-47+. The average molecular weight is 985 g/mol. The van der Waals surface area contributed by atoms with Crippen molar-refractivity contribution in [1.29, 1.82) is 0 Å². The van der Waals surface area contributed by atoms with E-state index < -0.39 is 32.5 Å². The number of hydrogen-bond donors (Lipinski definition) is 1. The first-order chi connectivity index (χ1) is 33.4. The van der Waals surface area contributed by atoms with Gasteiger partial charge in [-0.25, -0.2) is 0 Å². The van der Waals surface area contributed by atoms with Crippen LogP contribution in [0.4, 0.5) is 0 Å². The van der Waals surface area contributed by atoms with Crippen LogP contribution in [0.25, 0.3) is 0 Å². The van der Waals surface area contributed by atoms with Crippen molar-refractivity contribution in [2.45, 2.75) is 238 Å². The molecule has 9 nitrogen and oxygen atoms in total.